The van der Waals surface area contributed by atoms with Crippen molar-refractivity contribution in [3.05, 3.63) is 34.1 Å². The second kappa shape index (κ2) is 5.77. The molecule has 0 saturated heterocycles. The van der Waals surface area contributed by atoms with Gasteiger partial charge in [-0.3, -0.25) is 9.59 Å². The molecule has 4 nitrogen and oxygen atoms in total. The van der Waals surface area contributed by atoms with E-state index in [1.165, 1.54) is 19.1 Å². The number of hydrogen-bond donors (Lipinski definition) is 2. The molecule has 0 heterocycles. The molecule has 6 heteroatoms. The largest absolute Gasteiger partial charge is 0.481 e. The summed E-state index contributed by atoms with van der Waals surface area (Å²) in [6.07, 6.45) is 0. The molecule has 2 N–H and O–H groups in total. The number of carbonyl (C=O) groups excluding carboxylic acids is 1. The Hall–Kier alpha value is -1.43. The fraction of sp³-hybridized carbons (Fsp3) is 0.273. The second-order valence-corrected chi connectivity index (χ2v) is 4.52. The van der Waals surface area contributed by atoms with Crippen molar-refractivity contribution >= 4 is 27.8 Å². The molecule has 0 spiro atoms. The Bertz CT molecular complexity index is 430. The molecule has 1 aromatic rings. The van der Waals surface area contributed by atoms with Gasteiger partial charge in [-0.05, 0) is 18.2 Å². The molecule has 0 aliphatic carbocycles. The van der Waals surface area contributed by atoms with Gasteiger partial charge in [0.25, 0.3) is 5.91 Å². The van der Waals surface area contributed by atoms with E-state index in [0.717, 1.165) is 6.07 Å². The molecule has 1 rings (SSSR count). The maximum absolute atomic E-state index is 13.0. The molecule has 1 amide bonds. The van der Waals surface area contributed by atoms with E-state index in [-0.39, 0.29) is 12.1 Å². The van der Waals surface area contributed by atoms with Crippen molar-refractivity contribution in [2.24, 2.45) is 5.92 Å². The van der Waals surface area contributed by atoms with Crippen molar-refractivity contribution in [2.75, 3.05) is 6.54 Å². The third-order valence-corrected chi connectivity index (χ3v) is 2.57. The summed E-state index contributed by atoms with van der Waals surface area (Å²) >= 11 is 3.07. The molecule has 0 radical (unpaired) electrons. The van der Waals surface area contributed by atoms with E-state index < -0.39 is 23.6 Å². The highest BCUT2D eigenvalue weighted by atomic mass is 79.9. The van der Waals surface area contributed by atoms with E-state index in [4.69, 9.17) is 5.11 Å². The maximum Gasteiger partial charge on any atom is 0.308 e. The van der Waals surface area contributed by atoms with Crippen molar-refractivity contribution in [3.8, 4) is 0 Å². The summed E-state index contributed by atoms with van der Waals surface area (Å²) in [6, 6.07) is 3.78. The standard InChI is InChI=1S/C11H11BrFNO3/c1-6(11(16)17)5-14-10(15)7-2-8(12)4-9(13)3-7/h2-4,6H,5H2,1H3,(H,14,15)(H,16,17). The summed E-state index contributed by atoms with van der Waals surface area (Å²) in [5, 5.41) is 11.1. The molecule has 0 saturated carbocycles. The molecule has 17 heavy (non-hydrogen) atoms. The van der Waals surface area contributed by atoms with Crippen molar-refractivity contribution in [3.63, 3.8) is 0 Å². The van der Waals surface area contributed by atoms with Gasteiger partial charge in [0, 0.05) is 16.6 Å². The fourth-order valence-corrected chi connectivity index (χ4v) is 1.59. The molecular weight excluding hydrogens is 293 g/mol. The number of hydrogen-bond acceptors (Lipinski definition) is 2. The molecule has 0 aromatic heterocycles. The molecule has 0 aliphatic heterocycles. The van der Waals surface area contributed by atoms with Crippen LogP contribution >= 0.6 is 15.9 Å². The molecule has 0 bridgehead atoms. The van der Waals surface area contributed by atoms with Crippen LogP contribution in [-0.4, -0.2) is 23.5 Å². The highest BCUT2D eigenvalue weighted by molar-refractivity contribution is 9.10. The predicted molar refractivity (Wildman–Crippen MR) is 63.2 cm³/mol. The number of aliphatic carboxylic acids is 1. The van der Waals surface area contributed by atoms with Gasteiger partial charge in [-0.1, -0.05) is 22.9 Å². The summed E-state index contributed by atoms with van der Waals surface area (Å²) in [5.41, 5.74) is 0.148. The van der Waals surface area contributed by atoms with Crippen LogP contribution in [0.25, 0.3) is 0 Å². The van der Waals surface area contributed by atoms with Gasteiger partial charge in [0.2, 0.25) is 0 Å². The van der Waals surface area contributed by atoms with Gasteiger partial charge in [0.1, 0.15) is 5.82 Å². The zero-order valence-corrected chi connectivity index (χ0v) is 10.6. The van der Waals surface area contributed by atoms with Crippen molar-refractivity contribution < 1.29 is 19.1 Å². The zero-order valence-electron chi connectivity index (χ0n) is 9.04. The molecule has 92 valence electrons. The number of carboxylic acid groups (broad SMARTS) is 1. The van der Waals surface area contributed by atoms with Crippen LogP contribution in [0.5, 0.6) is 0 Å². The molecule has 1 aromatic carbocycles. The lowest BCUT2D eigenvalue weighted by atomic mass is 10.1. The highest BCUT2D eigenvalue weighted by Gasteiger charge is 2.13. The minimum absolute atomic E-state index is 0.00228. The zero-order chi connectivity index (χ0) is 13.0. The van der Waals surface area contributed by atoms with E-state index >= 15 is 0 Å². The minimum Gasteiger partial charge on any atom is -0.481 e. The summed E-state index contributed by atoms with van der Waals surface area (Å²) in [6.45, 7) is 1.48. The first-order valence-corrected chi connectivity index (χ1v) is 5.66. The normalized spacial score (nSPS) is 11.9. The molecule has 1 unspecified atom stereocenters. The number of rotatable bonds is 4. The van der Waals surface area contributed by atoms with Gasteiger partial charge in [-0.25, -0.2) is 4.39 Å². The predicted octanol–water partition coefficient (Wildman–Crippen LogP) is 2.04. The minimum atomic E-state index is -0.995. The van der Waals surface area contributed by atoms with Crippen LogP contribution in [0.1, 0.15) is 17.3 Å². The highest BCUT2D eigenvalue weighted by Crippen LogP contribution is 2.14. The average molecular weight is 304 g/mol. The van der Waals surface area contributed by atoms with Crippen LogP contribution in [0.15, 0.2) is 22.7 Å². The van der Waals surface area contributed by atoms with Crippen LogP contribution in [0.2, 0.25) is 0 Å². The Balaban J connectivity index is 2.67. The first-order valence-electron chi connectivity index (χ1n) is 4.87. The van der Waals surface area contributed by atoms with Crippen LogP contribution in [0.3, 0.4) is 0 Å². The molecule has 0 aliphatic rings. The number of benzene rings is 1. The van der Waals surface area contributed by atoms with Crippen LogP contribution in [0.4, 0.5) is 4.39 Å². The van der Waals surface area contributed by atoms with Gasteiger partial charge in [0.05, 0.1) is 5.92 Å². The number of carbonyl (C=O) groups is 2. The lowest BCUT2D eigenvalue weighted by Gasteiger charge is -2.08. The average Bonchev–Trinajstić information content (AvgIpc) is 2.23. The van der Waals surface area contributed by atoms with E-state index in [1.54, 1.807) is 0 Å². The van der Waals surface area contributed by atoms with E-state index in [9.17, 15) is 14.0 Å². The SMILES string of the molecule is CC(CNC(=O)c1cc(F)cc(Br)c1)C(=O)O. The van der Waals surface area contributed by atoms with Crippen LogP contribution < -0.4 is 5.32 Å². The number of amides is 1. The van der Waals surface area contributed by atoms with Gasteiger partial charge in [-0.15, -0.1) is 0 Å². The molecular formula is C11H11BrFNO3. The summed E-state index contributed by atoms with van der Waals surface area (Å²) in [5.74, 6) is -2.71. The Labute approximate surface area is 106 Å². The first-order chi connectivity index (χ1) is 7.90. The van der Waals surface area contributed by atoms with Crippen LogP contribution in [-0.2, 0) is 4.79 Å². The number of halogens is 2. The smallest absolute Gasteiger partial charge is 0.308 e. The molecule has 0 fully saturated rings. The summed E-state index contributed by atoms with van der Waals surface area (Å²) in [4.78, 5) is 22.1. The quantitative estimate of drug-likeness (QED) is 0.894. The van der Waals surface area contributed by atoms with Crippen molar-refractivity contribution in [1.82, 2.24) is 5.32 Å². The Morgan fingerprint density at radius 3 is 2.65 bits per heavy atom. The third kappa shape index (κ3) is 4.14. The van der Waals surface area contributed by atoms with Crippen molar-refractivity contribution in [1.29, 1.82) is 0 Å². The van der Waals surface area contributed by atoms with E-state index in [0.29, 0.717) is 4.47 Å². The number of nitrogens with one attached hydrogen (secondary N) is 1. The molecule has 1 atom stereocenters. The van der Waals surface area contributed by atoms with Gasteiger partial charge in [0.15, 0.2) is 0 Å². The van der Waals surface area contributed by atoms with Crippen molar-refractivity contribution in [2.45, 2.75) is 6.92 Å². The van der Waals surface area contributed by atoms with Gasteiger partial charge < -0.3 is 10.4 Å². The first kappa shape index (κ1) is 13.6. The van der Waals surface area contributed by atoms with Gasteiger partial charge in [-0.2, -0.15) is 0 Å². The fourth-order valence-electron chi connectivity index (χ4n) is 1.12. The maximum atomic E-state index is 13.0. The second-order valence-electron chi connectivity index (χ2n) is 3.61. The summed E-state index contributed by atoms with van der Waals surface area (Å²) < 4.78 is 13.5. The van der Waals surface area contributed by atoms with E-state index in [1.807, 2.05) is 0 Å². The van der Waals surface area contributed by atoms with Gasteiger partial charge >= 0.3 is 5.97 Å². The lowest BCUT2D eigenvalue weighted by Crippen LogP contribution is -2.31. The third-order valence-electron chi connectivity index (χ3n) is 2.12. The number of carboxylic acids is 1. The van der Waals surface area contributed by atoms with E-state index in [2.05, 4.69) is 21.2 Å². The lowest BCUT2D eigenvalue weighted by molar-refractivity contribution is -0.140. The summed E-state index contributed by atoms with van der Waals surface area (Å²) in [7, 11) is 0. The Morgan fingerprint density at radius 2 is 2.12 bits per heavy atom. The van der Waals surface area contributed by atoms with Crippen LogP contribution in [0, 0.1) is 11.7 Å². The topological polar surface area (TPSA) is 66.4 Å². The Kier molecular flexibility index (Phi) is 4.62. The Morgan fingerprint density at radius 1 is 1.47 bits per heavy atom. The monoisotopic (exact) mass is 303 g/mol.